The maximum atomic E-state index is 5.71. The van der Waals surface area contributed by atoms with Gasteiger partial charge < -0.3 is 10.5 Å². The van der Waals surface area contributed by atoms with Crippen molar-refractivity contribution in [2.75, 3.05) is 0 Å². The highest BCUT2D eigenvalue weighted by atomic mass is 16.5. The van der Waals surface area contributed by atoms with Gasteiger partial charge in [0.2, 0.25) is 5.88 Å². The second-order valence-electron chi connectivity index (χ2n) is 4.08. The van der Waals surface area contributed by atoms with Crippen molar-refractivity contribution in [3.8, 4) is 11.6 Å². The van der Waals surface area contributed by atoms with Crippen molar-refractivity contribution in [2.45, 2.75) is 20.4 Å². The average Bonchev–Trinajstić information content (AvgIpc) is 2.34. The summed E-state index contributed by atoms with van der Waals surface area (Å²) in [5.74, 6) is 1.43. The number of pyridine rings is 1. The van der Waals surface area contributed by atoms with Gasteiger partial charge in [0.05, 0.1) is 0 Å². The number of hydrogen-bond donors (Lipinski definition) is 1. The molecule has 0 bridgehead atoms. The molecule has 0 aliphatic rings. The van der Waals surface area contributed by atoms with Gasteiger partial charge in [0, 0.05) is 18.8 Å². The van der Waals surface area contributed by atoms with Gasteiger partial charge in [-0.2, -0.15) is 0 Å². The Morgan fingerprint density at radius 3 is 2.59 bits per heavy atom. The molecule has 3 nitrogen and oxygen atoms in total. The van der Waals surface area contributed by atoms with E-state index in [1.54, 1.807) is 6.20 Å². The second-order valence-corrected chi connectivity index (χ2v) is 4.08. The maximum Gasteiger partial charge on any atom is 0.219 e. The molecule has 0 aliphatic heterocycles. The molecule has 0 saturated heterocycles. The van der Waals surface area contributed by atoms with Crippen LogP contribution in [0.1, 0.15) is 16.7 Å². The van der Waals surface area contributed by atoms with E-state index in [9.17, 15) is 0 Å². The van der Waals surface area contributed by atoms with E-state index < -0.39 is 0 Å². The molecule has 0 aliphatic carbocycles. The first-order valence-corrected chi connectivity index (χ1v) is 5.59. The van der Waals surface area contributed by atoms with Crippen molar-refractivity contribution < 1.29 is 4.74 Å². The van der Waals surface area contributed by atoms with Gasteiger partial charge in [0.25, 0.3) is 0 Å². The smallest absolute Gasteiger partial charge is 0.219 e. The van der Waals surface area contributed by atoms with Crippen LogP contribution in [0.5, 0.6) is 11.6 Å². The van der Waals surface area contributed by atoms with Gasteiger partial charge in [-0.1, -0.05) is 23.8 Å². The number of benzene rings is 1. The zero-order valence-corrected chi connectivity index (χ0v) is 10.1. The minimum atomic E-state index is 0.497. The van der Waals surface area contributed by atoms with Crippen LogP contribution in [0, 0.1) is 13.8 Å². The Kier molecular flexibility index (Phi) is 3.40. The number of rotatable bonds is 3. The molecular weight excluding hydrogens is 212 g/mol. The molecule has 1 heterocycles. The molecule has 1 aromatic carbocycles. The van der Waals surface area contributed by atoms with E-state index in [2.05, 4.69) is 18.0 Å². The van der Waals surface area contributed by atoms with Crippen molar-refractivity contribution >= 4 is 0 Å². The molecule has 2 rings (SSSR count). The van der Waals surface area contributed by atoms with Crippen molar-refractivity contribution in [3.05, 3.63) is 53.2 Å². The van der Waals surface area contributed by atoms with Gasteiger partial charge in [-0.3, -0.25) is 0 Å². The number of nitrogens with zero attached hydrogens (tertiary/aromatic N) is 1. The van der Waals surface area contributed by atoms with E-state index in [0.717, 1.165) is 16.9 Å². The monoisotopic (exact) mass is 228 g/mol. The summed E-state index contributed by atoms with van der Waals surface area (Å²) in [5.41, 5.74) is 8.84. The Bertz CT molecular complexity index is 506. The summed E-state index contributed by atoms with van der Waals surface area (Å²) in [6.07, 6.45) is 1.73. The third kappa shape index (κ3) is 2.82. The maximum absolute atomic E-state index is 5.71. The second kappa shape index (κ2) is 4.97. The van der Waals surface area contributed by atoms with Gasteiger partial charge in [-0.15, -0.1) is 0 Å². The lowest BCUT2D eigenvalue weighted by Crippen LogP contribution is -1.97. The lowest BCUT2D eigenvalue weighted by molar-refractivity contribution is 0.459. The van der Waals surface area contributed by atoms with Crippen LogP contribution in [-0.2, 0) is 6.54 Å². The van der Waals surface area contributed by atoms with Gasteiger partial charge in [-0.25, -0.2) is 4.98 Å². The lowest BCUT2D eigenvalue weighted by atomic mass is 10.1. The molecule has 17 heavy (non-hydrogen) atoms. The number of aryl methyl sites for hydroxylation is 2. The quantitative estimate of drug-likeness (QED) is 0.878. The summed E-state index contributed by atoms with van der Waals surface area (Å²) in [5, 5.41) is 0. The van der Waals surface area contributed by atoms with Crippen LogP contribution in [0.2, 0.25) is 0 Å². The van der Waals surface area contributed by atoms with Crippen molar-refractivity contribution in [1.29, 1.82) is 0 Å². The molecule has 0 spiro atoms. The van der Waals surface area contributed by atoms with E-state index in [-0.39, 0.29) is 0 Å². The first-order chi connectivity index (χ1) is 8.19. The van der Waals surface area contributed by atoms with Gasteiger partial charge in [-0.05, 0) is 31.0 Å². The highest BCUT2D eigenvalue weighted by Gasteiger charge is 2.02. The lowest BCUT2D eigenvalue weighted by Gasteiger charge is -2.08. The van der Waals surface area contributed by atoms with Gasteiger partial charge >= 0.3 is 0 Å². The molecule has 0 unspecified atom stereocenters. The molecule has 0 fully saturated rings. The Hall–Kier alpha value is -1.87. The summed E-state index contributed by atoms with van der Waals surface area (Å²) in [7, 11) is 0. The summed E-state index contributed by atoms with van der Waals surface area (Å²) in [6, 6.07) is 9.83. The van der Waals surface area contributed by atoms with Crippen LogP contribution >= 0.6 is 0 Å². The van der Waals surface area contributed by atoms with Crippen molar-refractivity contribution in [2.24, 2.45) is 5.73 Å². The van der Waals surface area contributed by atoms with E-state index in [1.165, 1.54) is 5.56 Å². The number of hydrogen-bond acceptors (Lipinski definition) is 3. The normalized spacial score (nSPS) is 10.3. The molecule has 0 amide bonds. The molecule has 3 heteroatoms. The highest BCUT2D eigenvalue weighted by Crippen LogP contribution is 2.24. The van der Waals surface area contributed by atoms with Crippen molar-refractivity contribution in [3.63, 3.8) is 0 Å². The van der Waals surface area contributed by atoms with Gasteiger partial charge in [0.1, 0.15) is 5.75 Å². The number of aromatic nitrogens is 1. The third-order valence-corrected chi connectivity index (χ3v) is 2.58. The summed E-state index contributed by atoms with van der Waals surface area (Å²) < 4.78 is 5.71. The van der Waals surface area contributed by atoms with E-state index in [4.69, 9.17) is 10.5 Å². The largest absolute Gasteiger partial charge is 0.439 e. The van der Waals surface area contributed by atoms with E-state index in [0.29, 0.717) is 12.4 Å². The molecule has 2 aromatic rings. The third-order valence-electron chi connectivity index (χ3n) is 2.58. The van der Waals surface area contributed by atoms with Crippen LogP contribution in [0.4, 0.5) is 0 Å². The fraction of sp³-hybridized carbons (Fsp3) is 0.214. The predicted molar refractivity (Wildman–Crippen MR) is 68.1 cm³/mol. The summed E-state index contributed by atoms with van der Waals surface area (Å²) in [6.45, 7) is 4.58. The summed E-state index contributed by atoms with van der Waals surface area (Å²) >= 11 is 0. The van der Waals surface area contributed by atoms with E-state index in [1.807, 2.05) is 31.2 Å². The fourth-order valence-corrected chi connectivity index (χ4v) is 1.62. The number of ether oxygens (including phenoxy) is 1. The molecule has 2 N–H and O–H groups in total. The summed E-state index contributed by atoms with van der Waals surface area (Å²) in [4.78, 5) is 4.21. The van der Waals surface area contributed by atoms with Crippen LogP contribution in [-0.4, -0.2) is 4.98 Å². The minimum Gasteiger partial charge on any atom is -0.439 e. The van der Waals surface area contributed by atoms with Crippen LogP contribution < -0.4 is 10.5 Å². The number of nitrogens with two attached hydrogens (primary N) is 1. The standard InChI is InChI=1S/C14H16N2O/c1-10-3-5-13(11(2)7-10)17-14-6-4-12(8-15)9-16-14/h3-7,9H,8,15H2,1-2H3. The SMILES string of the molecule is Cc1ccc(Oc2ccc(CN)cn2)c(C)c1. The fourth-order valence-electron chi connectivity index (χ4n) is 1.62. The van der Waals surface area contributed by atoms with E-state index >= 15 is 0 Å². The molecule has 88 valence electrons. The Morgan fingerprint density at radius 2 is 2.00 bits per heavy atom. The molecule has 0 saturated carbocycles. The molecular formula is C14H16N2O. The molecule has 0 atom stereocenters. The zero-order chi connectivity index (χ0) is 12.3. The molecule has 1 aromatic heterocycles. The Morgan fingerprint density at radius 1 is 1.18 bits per heavy atom. The first kappa shape index (κ1) is 11.6. The van der Waals surface area contributed by atoms with Crippen LogP contribution in [0.25, 0.3) is 0 Å². The topological polar surface area (TPSA) is 48.1 Å². The molecule has 0 radical (unpaired) electrons. The van der Waals surface area contributed by atoms with Gasteiger partial charge in [0.15, 0.2) is 0 Å². The Labute approximate surface area is 101 Å². The highest BCUT2D eigenvalue weighted by molar-refractivity contribution is 5.38. The van der Waals surface area contributed by atoms with Crippen LogP contribution in [0.15, 0.2) is 36.5 Å². The predicted octanol–water partition coefficient (Wildman–Crippen LogP) is 2.95. The average molecular weight is 228 g/mol. The minimum absolute atomic E-state index is 0.497. The Balaban J connectivity index is 2.19. The van der Waals surface area contributed by atoms with Crippen LogP contribution in [0.3, 0.4) is 0 Å². The zero-order valence-electron chi connectivity index (χ0n) is 10.1. The van der Waals surface area contributed by atoms with Crippen molar-refractivity contribution in [1.82, 2.24) is 4.98 Å². The first-order valence-electron chi connectivity index (χ1n) is 5.59.